The maximum Gasteiger partial charge on any atom is 0.434 e. The number of nitrogens with one attached hydrogen (secondary N) is 1. The van der Waals surface area contributed by atoms with Crippen LogP contribution in [0, 0.1) is 0 Å². The van der Waals surface area contributed by atoms with Gasteiger partial charge in [0.2, 0.25) is 0 Å². The highest BCUT2D eigenvalue weighted by atomic mass is 32.1. The van der Waals surface area contributed by atoms with Crippen LogP contribution in [-0.2, 0) is 19.1 Å². The predicted molar refractivity (Wildman–Crippen MR) is 77.1 cm³/mol. The van der Waals surface area contributed by atoms with Crippen molar-refractivity contribution in [2.24, 2.45) is 0 Å². The van der Waals surface area contributed by atoms with Gasteiger partial charge in [0.05, 0.1) is 4.88 Å². The van der Waals surface area contributed by atoms with Gasteiger partial charge < -0.3 is 5.32 Å². The fourth-order valence-corrected chi connectivity index (χ4v) is 3.08. The quantitative estimate of drug-likeness (QED) is 0.909. The van der Waals surface area contributed by atoms with Crippen molar-refractivity contribution < 1.29 is 13.2 Å². The number of aryl methyl sites for hydroxylation is 1. The molecule has 0 spiro atoms. The molecule has 0 aliphatic carbocycles. The summed E-state index contributed by atoms with van der Waals surface area (Å²) in [6.07, 6.45) is -0.480. The lowest BCUT2D eigenvalue weighted by atomic mass is 10.1. The highest BCUT2D eigenvalue weighted by Gasteiger charge is 2.37. The van der Waals surface area contributed by atoms with E-state index < -0.39 is 11.9 Å². The summed E-state index contributed by atoms with van der Waals surface area (Å²) in [6.45, 7) is 4.58. The van der Waals surface area contributed by atoms with E-state index in [-0.39, 0.29) is 11.4 Å². The molecule has 0 saturated heterocycles. The topological polar surface area (TPSA) is 37.8 Å². The van der Waals surface area contributed by atoms with Crippen LogP contribution in [0.15, 0.2) is 18.5 Å². The number of hydrogen-bond donors (Lipinski definition) is 1. The van der Waals surface area contributed by atoms with Crippen molar-refractivity contribution in [3.05, 3.63) is 34.6 Å². The van der Waals surface area contributed by atoms with Crippen LogP contribution in [-0.4, -0.2) is 16.5 Å². The maximum atomic E-state index is 13.1. The third-order valence-corrected chi connectivity index (χ3v) is 4.10. The van der Waals surface area contributed by atoms with Gasteiger partial charge in [-0.05, 0) is 24.6 Å². The van der Waals surface area contributed by atoms with Gasteiger partial charge in [0, 0.05) is 24.5 Å². The Hall–Kier alpha value is -1.47. The zero-order valence-electron chi connectivity index (χ0n) is 11.8. The molecule has 2 aromatic rings. The van der Waals surface area contributed by atoms with Crippen molar-refractivity contribution >= 4 is 11.3 Å². The lowest BCUT2D eigenvalue weighted by molar-refractivity contribution is -0.141. The Balaban J connectivity index is 2.48. The first-order chi connectivity index (χ1) is 9.97. The number of pyridine rings is 1. The fourth-order valence-electron chi connectivity index (χ4n) is 1.96. The van der Waals surface area contributed by atoms with Crippen LogP contribution in [0.4, 0.5) is 13.2 Å². The van der Waals surface area contributed by atoms with Gasteiger partial charge in [0.1, 0.15) is 5.01 Å². The summed E-state index contributed by atoms with van der Waals surface area (Å²) in [4.78, 5) is 8.07. The SMILES string of the molecule is CCNCc1sc(-c2ccncc2CC)nc1C(F)(F)F. The first-order valence-corrected chi connectivity index (χ1v) is 7.49. The van der Waals surface area contributed by atoms with Gasteiger partial charge in [-0.25, -0.2) is 4.98 Å². The Morgan fingerprint density at radius 2 is 2.05 bits per heavy atom. The zero-order valence-corrected chi connectivity index (χ0v) is 12.6. The van der Waals surface area contributed by atoms with Gasteiger partial charge in [0.25, 0.3) is 0 Å². The van der Waals surface area contributed by atoms with Gasteiger partial charge in [-0.15, -0.1) is 11.3 Å². The largest absolute Gasteiger partial charge is 0.434 e. The second-order valence-corrected chi connectivity index (χ2v) is 5.54. The van der Waals surface area contributed by atoms with Gasteiger partial charge in [-0.2, -0.15) is 13.2 Å². The van der Waals surface area contributed by atoms with Crippen LogP contribution in [0.2, 0.25) is 0 Å². The van der Waals surface area contributed by atoms with Crippen molar-refractivity contribution in [3.63, 3.8) is 0 Å². The van der Waals surface area contributed by atoms with Crippen LogP contribution >= 0.6 is 11.3 Å². The first-order valence-electron chi connectivity index (χ1n) is 6.68. The van der Waals surface area contributed by atoms with Crippen molar-refractivity contribution in [3.8, 4) is 10.6 Å². The molecule has 2 aromatic heterocycles. The molecular weight excluding hydrogens is 299 g/mol. The van der Waals surface area contributed by atoms with Gasteiger partial charge in [-0.1, -0.05) is 13.8 Å². The smallest absolute Gasteiger partial charge is 0.312 e. The zero-order chi connectivity index (χ0) is 15.5. The molecule has 0 fully saturated rings. The normalized spacial score (nSPS) is 11.9. The van der Waals surface area contributed by atoms with E-state index in [1.165, 1.54) is 0 Å². The van der Waals surface area contributed by atoms with Crippen molar-refractivity contribution in [1.29, 1.82) is 0 Å². The summed E-state index contributed by atoms with van der Waals surface area (Å²) >= 11 is 1.09. The number of alkyl halides is 3. The van der Waals surface area contributed by atoms with E-state index in [4.69, 9.17) is 0 Å². The molecule has 0 saturated carbocycles. The molecule has 0 aliphatic rings. The van der Waals surface area contributed by atoms with E-state index in [1.807, 2.05) is 13.8 Å². The van der Waals surface area contributed by atoms with E-state index in [0.717, 1.165) is 22.5 Å². The summed E-state index contributed by atoms with van der Waals surface area (Å²) in [5, 5.41) is 3.33. The van der Waals surface area contributed by atoms with Crippen molar-refractivity contribution in [2.75, 3.05) is 6.54 Å². The molecular formula is C14H16F3N3S. The molecule has 1 N–H and O–H groups in total. The third kappa shape index (κ3) is 3.59. The van der Waals surface area contributed by atoms with Crippen LogP contribution < -0.4 is 5.32 Å². The van der Waals surface area contributed by atoms with Crippen LogP contribution in [0.25, 0.3) is 10.6 Å². The number of aromatic nitrogens is 2. The molecule has 2 rings (SSSR count). The highest BCUT2D eigenvalue weighted by Crippen LogP contribution is 2.38. The summed E-state index contributed by atoms with van der Waals surface area (Å²) in [6, 6.07) is 1.72. The minimum atomic E-state index is -4.43. The van der Waals surface area contributed by atoms with E-state index in [1.54, 1.807) is 18.5 Å². The Bertz CT molecular complexity index is 608. The predicted octanol–water partition coefficient (Wildman–Crippen LogP) is 3.90. The summed E-state index contributed by atoms with van der Waals surface area (Å²) in [5.41, 5.74) is 0.836. The molecule has 21 heavy (non-hydrogen) atoms. The van der Waals surface area contributed by atoms with Crippen molar-refractivity contribution in [2.45, 2.75) is 33.0 Å². The molecule has 7 heteroatoms. The molecule has 2 heterocycles. The molecule has 0 amide bonds. The minimum absolute atomic E-state index is 0.176. The summed E-state index contributed by atoms with van der Waals surface area (Å²) < 4.78 is 39.3. The van der Waals surface area contributed by atoms with Gasteiger partial charge in [0.15, 0.2) is 5.69 Å². The Morgan fingerprint density at radius 3 is 2.67 bits per heavy atom. The second kappa shape index (κ2) is 6.53. The number of thiazole rings is 1. The third-order valence-electron chi connectivity index (χ3n) is 3.02. The molecule has 0 radical (unpaired) electrons. The van der Waals surface area contributed by atoms with E-state index in [0.29, 0.717) is 18.0 Å². The molecule has 0 aromatic carbocycles. The van der Waals surface area contributed by atoms with E-state index >= 15 is 0 Å². The molecule has 0 unspecified atom stereocenters. The fraction of sp³-hybridized carbons (Fsp3) is 0.429. The number of hydrogen-bond acceptors (Lipinski definition) is 4. The number of halogens is 3. The summed E-state index contributed by atoms with van der Waals surface area (Å²) in [7, 11) is 0. The van der Waals surface area contributed by atoms with Crippen LogP contribution in [0.3, 0.4) is 0 Å². The van der Waals surface area contributed by atoms with E-state index in [9.17, 15) is 13.2 Å². The summed E-state index contributed by atoms with van der Waals surface area (Å²) in [5.74, 6) is 0. The molecule has 3 nitrogen and oxygen atoms in total. The number of rotatable bonds is 5. The highest BCUT2D eigenvalue weighted by molar-refractivity contribution is 7.15. The molecule has 0 aliphatic heterocycles. The maximum absolute atomic E-state index is 13.1. The van der Waals surface area contributed by atoms with E-state index in [2.05, 4.69) is 15.3 Å². The first kappa shape index (κ1) is 15.9. The Morgan fingerprint density at radius 1 is 1.29 bits per heavy atom. The van der Waals surface area contributed by atoms with Crippen LogP contribution in [0.1, 0.15) is 30.0 Å². The molecule has 114 valence electrons. The monoisotopic (exact) mass is 315 g/mol. The van der Waals surface area contributed by atoms with Crippen molar-refractivity contribution in [1.82, 2.24) is 15.3 Å². The Kier molecular flexibility index (Phi) is 4.95. The lowest BCUT2D eigenvalue weighted by Gasteiger charge is -2.05. The van der Waals surface area contributed by atoms with Gasteiger partial charge >= 0.3 is 6.18 Å². The van der Waals surface area contributed by atoms with Crippen LogP contribution in [0.5, 0.6) is 0 Å². The minimum Gasteiger partial charge on any atom is -0.312 e. The second-order valence-electron chi connectivity index (χ2n) is 4.46. The number of nitrogens with zero attached hydrogens (tertiary/aromatic N) is 2. The Labute approximate surface area is 125 Å². The standard InChI is InChI=1S/C14H16F3N3S/c1-3-9-7-19-6-5-10(9)13-20-12(14(15,16)17)11(21-13)8-18-4-2/h5-7,18H,3-4,8H2,1-2H3. The van der Waals surface area contributed by atoms with Gasteiger partial charge in [-0.3, -0.25) is 4.98 Å². The average molecular weight is 315 g/mol. The molecule has 0 atom stereocenters. The molecule has 0 bridgehead atoms. The lowest BCUT2D eigenvalue weighted by Crippen LogP contribution is -2.15. The average Bonchev–Trinajstić information content (AvgIpc) is 2.89.